The van der Waals surface area contributed by atoms with Gasteiger partial charge in [0.25, 0.3) is 0 Å². The number of hydrogen-bond donors (Lipinski definition) is 3. The lowest BCUT2D eigenvalue weighted by atomic mass is 9.75. The van der Waals surface area contributed by atoms with E-state index in [9.17, 15) is 13.2 Å². The van der Waals surface area contributed by atoms with E-state index < -0.39 is 21.5 Å². The van der Waals surface area contributed by atoms with Crippen molar-refractivity contribution in [3.8, 4) is 0 Å². The molecule has 1 saturated carbocycles. The molecule has 3 rings (SSSR count). The van der Waals surface area contributed by atoms with E-state index in [0.717, 1.165) is 6.42 Å². The zero-order chi connectivity index (χ0) is 15.1. The Hall–Kier alpha value is -1.93. The second-order valence-corrected chi connectivity index (χ2v) is 7.01. The van der Waals surface area contributed by atoms with Crippen LogP contribution in [0.3, 0.4) is 0 Å². The molecule has 0 aromatic carbocycles. The number of H-pyrrole nitrogens is 1. The van der Waals surface area contributed by atoms with Crippen molar-refractivity contribution in [2.24, 2.45) is 0 Å². The Balaban J connectivity index is 1.95. The Labute approximate surface area is 121 Å². The van der Waals surface area contributed by atoms with Crippen LogP contribution in [0.4, 0.5) is 0 Å². The smallest absolute Gasteiger partial charge is 0.305 e. The van der Waals surface area contributed by atoms with Gasteiger partial charge in [-0.3, -0.25) is 4.79 Å². The predicted molar refractivity (Wildman–Crippen MR) is 75.3 cm³/mol. The first-order valence-electron chi connectivity index (χ1n) is 6.60. The van der Waals surface area contributed by atoms with Gasteiger partial charge in [-0.2, -0.15) is 0 Å². The van der Waals surface area contributed by atoms with Crippen LogP contribution in [0.2, 0.25) is 0 Å². The maximum Gasteiger partial charge on any atom is 0.305 e. The molecule has 0 radical (unpaired) electrons. The molecular formula is C13H15N3O4S. The zero-order valence-corrected chi connectivity index (χ0v) is 12.0. The van der Waals surface area contributed by atoms with Gasteiger partial charge in [0.15, 0.2) is 0 Å². The Bertz CT molecular complexity index is 793. The van der Waals surface area contributed by atoms with Gasteiger partial charge in [-0.1, -0.05) is 0 Å². The number of rotatable bonds is 5. The molecule has 8 heteroatoms. The molecule has 2 aromatic heterocycles. The number of hydrogen-bond acceptors (Lipinski definition) is 4. The highest BCUT2D eigenvalue weighted by molar-refractivity contribution is 7.89. The second-order valence-electron chi connectivity index (χ2n) is 5.36. The molecule has 1 fully saturated rings. The quantitative estimate of drug-likeness (QED) is 0.769. The van der Waals surface area contributed by atoms with Gasteiger partial charge in [0.05, 0.1) is 6.42 Å². The minimum Gasteiger partial charge on any atom is -0.481 e. The van der Waals surface area contributed by atoms with E-state index in [1.54, 1.807) is 18.3 Å². The minimum absolute atomic E-state index is 0.0993. The van der Waals surface area contributed by atoms with Gasteiger partial charge in [0.1, 0.15) is 10.5 Å². The molecule has 0 aliphatic heterocycles. The normalized spacial score (nSPS) is 17.5. The molecule has 0 amide bonds. The van der Waals surface area contributed by atoms with Crippen molar-refractivity contribution >= 4 is 27.0 Å². The highest BCUT2D eigenvalue weighted by Gasteiger charge is 2.43. The first-order chi connectivity index (χ1) is 9.92. The van der Waals surface area contributed by atoms with E-state index in [1.807, 2.05) is 0 Å². The Kier molecular flexibility index (Phi) is 3.22. The van der Waals surface area contributed by atoms with Crippen molar-refractivity contribution in [3.63, 3.8) is 0 Å². The molecule has 0 unspecified atom stereocenters. The van der Waals surface area contributed by atoms with Crippen LogP contribution in [0.1, 0.15) is 25.7 Å². The summed E-state index contributed by atoms with van der Waals surface area (Å²) in [7, 11) is -3.79. The van der Waals surface area contributed by atoms with Gasteiger partial charge < -0.3 is 10.1 Å². The Morgan fingerprint density at radius 1 is 1.48 bits per heavy atom. The molecule has 0 saturated heterocycles. The van der Waals surface area contributed by atoms with Crippen LogP contribution < -0.4 is 4.72 Å². The van der Waals surface area contributed by atoms with Crippen LogP contribution >= 0.6 is 0 Å². The third-order valence-electron chi connectivity index (χ3n) is 3.85. The number of aromatic amines is 1. The summed E-state index contributed by atoms with van der Waals surface area (Å²) in [6.07, 6.45) is 4.66. The van der Waals surface area contributed by atoms with Crippen molar-refractivity contribution in [2.45, 2.75) is 36.1 Å². The van der Waals surface area contributed by atoms with Gasteiger partial charge in [-0.25, -0.2) is 18.1 Å². The Morgan fingerprint density at radius 2 is 2.24 bits per heavy atom. The lowest BCUT2D eigenvalue weighted by molar-refractivity contribution is -0.139. The van der Waals surface area contributed by atoms with Crippen LogP contribution in [0.15, 0.2) is 29.4 Å². The monoisotopic (exact) mass is 309 g/mol. The number of fused-ring (bicyclic) bond motifs is 1. The largest absolute Gasteiger partial charge is 0.481 e. The molecule has 0 atom stereocenters. The molecule has 0 spiro atoms. The van der Waals surface area contributed by atoms with Crippen LogP contribution in [-0.2, 0) is 14.8 Å². The van der Waals surface area contributed by atoms with E-state index in [-0.39, 0.29) is 11.3 Å². The van der Waals surface area contributed by atoms with Crippen LogP contribution in [-0.4, -0.2) is 35.0 Å². The van der Waals surface area contributed by atoms with Gasteiger partial charge in [-0.15, -0.1) is 0 Å². The number of sulfonamides is 1. The molecule has 0 bridgehead atoms. The number of carboxylic acids is 1. The van der Waals surface area contributed by atoms with E-state index in [2.05, 4.69) is 14.7 Å². The zero-order valence-electron chi connectivity index (χ0n) is 11.2. The number of aromatic nitrogens is 2. The van der Waals surface area contributed by atoms with Crippen LogP contribution in [0, 0.1) is 0 Å². The van der Waals surface area contributed by atoms with Crippen molar-refractivity contribution in [2.75, 3.05) is 0 Å². The average molecular weight is 309 g/mol. The predicted octanol–water partition coefficient (Wildman–Crippen LogP) is 1.24. The second kappa shape index (κ2) is 4.81. The number of nitrogens with one attached hydrogen (secondary N) is 2. The van der Waals surface area contributed by atoms with E-state index in [0.29, 0.717) is 23.9 Å². The van der Waals surface area contributed by atoms with Crippen LogP contribution in [0.5, 0.6) is 0 Å². The van der Waals surface area contributed by atoms with E-state index >= 15 is 0 Å². The van der Waals surface area contributed by atoms with E-state index in [1.165, 1.54) is 6.20 Å². The molecule has 2 heterocycles. The van der Waals surface area contributed by atoms with Gasteiger partial charge in [-0.05, 0) is 31.4 Å². The molecule has 1 aliphatic rings. The van der Waals surface area contributed by atoms with Gasteiger partial charge in [0, 0.05) is 23.3 Å². The SMILES string of the molecule is O=C(O)CC1(NS(=O)(=O)c2c[nH]c3ncccc23)CCC1. The van der Waals surface area contributed by atoms with Crippen molar-refractivity contribution < 1.29 is 18.3 Å². The fraction of sp³-hybridized carbons (Fsp3) is 0.385. The van der Waals surface area contributed by atoms with Crippen molar-refractivity contribution in [1.29, 1.82) is 0 Å². The van der Waals surface area contributed by atoms with Crippen LogP contribution in [0.25, 0.3) is 11.0 Å². The third kappa shape index (κ3) is 2.52. The summed E-state index contributed by atoms with van der Waals surface area (Å²) < 4.78 is 27.7. The molecule has 112 valence electrons. The molecule has 2 aromatic rings. The van der Waals surface area contributed by atoms with Gasteiger partial charge in [0.2, 0.25) is 10.0 Å². The summed E-state index contributed by atoms with van der Waals surface area (Å²) in [5.41, 5.74) is -0.380. The minimum atomic E-state index is -3.79. The fourth-order valence-corrected chi connectivity index (χ4v) is 4.33. The summed E-state index contributed by atoms with van der Waals surface area (Å²) in [6, 6.07) is 3.32. The first kappa shape index (κ1) is 14.0. The number of carbonyl (C=O) groups is 1. The number of nitrogens with zero attached hydrogens (tertiary/aromatic N) is 1. The third-order valence-corrected chi connectivity index (χ3v) is 5.47. The summed E-state index contributed by atoms with van der Waals surface area (Å²) in [5.74, 6) is -1.00. The molecule has 1 aliphatic carbocycles. The summed E-state index contributed by atoms with van der Waals surface area (Å²) in [4.78, 5) is 17.9. The summed E-state index contributed by atoms with van der Waals surface area (Å²) >= 11 is 0. The highest BCUT2D eigenvalue weighted by Crippen LogP contribution is 2.37. The maximum atomic E-state index is 12.5. The average Bonchev–Trinajstić information content (AvgIpc) is 2.79. The number of aliphatic carboxylic acids is 1. The molecule has 3 N–H and O–H groups in total. The summed E-state index contributed by atoms with van der Waals surface area (Å²) in [5, 5.41) is 9.46. The van der Waals surface area contributed by atoms with E-state index in [4.69, 9.17) is 5.11 Å². The standard InChI is InChI=1S/C13H15N3O4S/c17-11(18)7-13(4-2-5-13)16-21(19,20)10-8-15-12-9(10)3-1-6-14-12/h1,3,6,8,16H,2,4-5,7H2,(H,14,15)(H,17,18). The highest BCUT2D eigenvalue weighted by atomic mass is 32.2. The number of carboxylic acid groups (broad SMARTS) is 1. The maximum absolute atomic E-state index is 12.5. The molecule has 7 nitrogen and oxygen atoms in total. The lowest BCUT2D eigenvalue weighted by Crippen LogP contribution is -2.54. The first-order valence-corrected chi connectivity index (χ1v) is 8.08. The fourth-order valence-electron chi connectivity index (χ4n) is 2.70. The topological polar surface area (TPSA) is 112 Å². The summed E-state index contributed by atoms with van der Waals surface area (Å²) in [6.45, 7) is 0. The van der Waals surface area contributed by atoms with Crippen molar-refractivity contribution in [1.82, 2.24) is 14.7 Å². The van der Waals surface area contributed by atoms with Crippen molar-refractivity contribution in [3.05, 3.63) is 24.5 Å². The van der Waals surface area contributed by atoms with Gasteiger partial charge >= 0.3 is 5.97 Å². The molecule has 21 heavy (non-hydrogen) atoms. The molecular weight excluding hydrogens is 294 g/mol. The lowest BCUT2D eigenvalue weighted by Gasteiger charge is -2.40. The number of pyridine rings is 1. The Morgan fingerprint density at radius 3 is 2.86 bits per heavy atom.